The van der Waals surface area contributed by atoms with E-state index in [4.69, 9.17) is 4.52 Å². The van der Waals surface area contributed by atoms with Crippen LogP contribution < -0.4 is 0 Å². The van der Waals surface area contributed by atoms with Gasteiger partial charge in [0, 0.05) is 17.9 Å². The third-order valence-electron chi connectivity index (χ3n) is 4.04. The third-order valence-corrected chi connectivity index (χ3v) is 4.97. The van der Waals surface area contributed by atoms with Crippen LogP contribution in [0.5, 0.6) is 0 Å². The van der Waals surface area contributed by atoms with Gasteiger partial charge in [0.1, 0.15) is 6.04 Å². The molecule has 0 N–H and O–H groups in total. The van der Waals surface area contributed by atoms with E-state index in [-0.39, 0.29) is 11.9 Å². The number of amides is 1. The van der Waals surface area contributed by atoms with Gasteiger partial charge in [-0.15, -0.1) is 18.3 Å². The minimum Gasteiger partial charge on any atom is -0.337 e. The standard InChI is InChI=1S/C18H21N3O2S/c1-2-12-24-13-16(22)21-11-7-6-10-15(21)18-19-17(20-23-18)14-8-4-3-5-9-14/h2-5,8-9,15H,1,6-7,10-13H2/t15-/m1/s1. The summed E-state index contributed by atoms with van der Waals surface area (Å²) in [5.74, 6) is 2.48. The Bertz CT molecular complexity index is 687. The highest BCUT2D eigenvalue weighted by atomic mass is 32.2. The van der Waals surface area contributed by atoms with Crippen LogP contribution in [0.4, 0.5) is 0 Å². The molecule has 24 heavy (non-hydrogen) atoms. The average Bonchev–Trinajstić information content (AvgIpc) is 3.12. The molecule has 6 heteroatoms. The first-order valence-electron chi connectivity index (χ1n) is 8.16. The van der Waals surface area contributed by atoms with Gasteiger partial charge in [0.25, 0.3) is 0 Å². The highest BCUT2D eigenvalue weighted by Gasteiger charge is 2.31. The Morgan fingerprint density at radius 1 is 1.38 bits per heavy atom. The molecule has 1 amide bonds. The van der Waals surface area contributed by atoms with Crippen LogP contribution in [0.3, 0.4) is 0 Å². The minimum absolute atomic E-state index is 0.111. The summed E-state index contributed by atoms with van der Waals surface area (Å²) >= 11 is 1.58. The number of likely N-dealkylation sites (tertiary alicyclic amines) is 1. The fraction of sp³-hybridized carbons (Fsp3) is 0.389. The molecule has 0 aliphatic carbocycles. The van der Waals surface area contributed by atoms with Gasteiger partial charge in [-0.25, -0.2) is 0 Å². The van der Waals surface area contributed by atoms with Crippen LogP contribution in [0.25, 0.3) is 11.4 Å². The summed E-state index contributed by atoms with van der Waals surface area (Å²) < 4.78 is 5.49. The second-order valence-corrected chi connectivity index (χ2v) is 6.76. The predicted molar refractivity (Wildman–Crippen MR) is 95.6 cm³/mol. The number of carbonyl (C=O) groups is 1. The highest BCUT2D eigenvalue weighted by Crippen LogP contribution is 2.31. The van der Waals surface area contributed by atoms with E-state index in [1.165, 1.54) is 0 Å². The summed E-state index contributed by atoms with van der Waals surface area (Å²) in [6.07, 6.45) is 4.77. The number of hydrogen-bond acceptors (Lipinski definition) is 5. The Morgan fingerprint density at radius 3 is 3.00 bits per heavy atom. The maximum atomic E-state index is 12.5. The van der Waals surface area contributed by atoms with Gasteiger partial charge in [0.15, 0.2) is 0 Å². The van der Waals surface area contributed by atoms with E-state index >= 15 is 0 Å². The lowest BCUT2D eigenvalue weighted by Crippen LogP contribution is -2.39. The number of benzene rings is 1. The predicted octanol–water partition coefficient (Wildman–Crippen LogP) is 3.71. The molecule has 1 aromatic heterocycles. The smallest absolute Gasteiger partial charge is 0.249 e. The maximum absolute atomic E-state index is 12.5. The zero-order chi connectivity index (χ0) is 16.8. The molecule has 0 unspecified atom stereocenters. The first kappa shape index (κ1) is 16.8. The highest BCUT2D eigenvalue weighted by molar-refractivity contribution is 8.00. The lowest BCUT2D eigenvalue weighted by Gasteiger charge is -2.33. The van der Waals surface area contributed by atoms with E-state index in [9.17, 15) is 4.79 Å². The van der Waals surface area contributed by atoms with Crippen LogP contribution in [0.2, 0.25) is 0 Å². The van der Waals surface area contributed by atoms with Crippen molar-refractivity contribution in [3.05, 3.63) is 48.9 Å². The molecule has 0 bridgehead atoms. The van der Waals surface area contributed by atoms with E-state index in [0.717, 1.165) is 37.1 Å². The van der Waals surface area contributed by atoms with E-state index in [2.05, 4.69) is 16.7 Å². The van der Waals surface area contributed by atoms with Crippen molar-refractivity contribution in [3.63, 3.8) is 0 Å². The summed E-state index contributed by atoms with van der Waals surface area (Å²) in [5, 5.41) is 4.09. The topological polar surface area (TPSA) is 59.2 Å². The van der Waals surface area contributed by atoms with Crippen LogP contribution in [0, 0.1) is 0 Å². The number of aromatic nitrogens is 2. The van der Waals surface area contributed by atoms with E-state index < -0.39 is 0 Å². The summed E-state index contributed by atoms with van der Waals surface area (Å²) in [5.41, 5.74) is 0.919. The molecule has 1 aromatic carbocycles. The molecule has 1 fully saturated rings. The molecule has 2 heterocycles. The van der Waals surface area contributed by atoms with Crippen LogP contribution in [-0.4, -0.2) is 39.0 Å². The van der Waals surface area contributed by atoms with Gasteiger partial charge in [-0.1, -0.05) is 41.6 Å². The van der Waals surface area contributed by atoms with Crippen molar-refractivity contribution < 1.29 is 9.32 Å². The number of hydrogen-bond donors (Lipinski definition) is 0. The zero-order valence-electron chi connectivity index (χ0n) is 13.6. The van der Waals surface area contributed by atoms with Crippen LogP contribution in [0.1, 0.15) is 31.2 Å². The van der Waals surface area contributed by atoms with Gasteiger partial charge in [-0.2, -0.15) is 4.98 Å². The fourth-order valence-electron chi connectivity index (χ4n) is 2.87. The molecule has 1 saturated heterocycles. The number of thioether (sulfide) groups is 1. The molecule has 3 rings (SSSR count). The summed E-state index contributed by atoms with van der Waals surface area (Å²) in [7, 11) is 0. The molecule has 0 radical (unpaired) electrons. The maximum Gasteiger partial charge on any atom is 0.249 e. The minimum atomic E-state index is -0.111. The molecule has 5 nitrogen and oxygen atoms in total. The summed E-state index contributed by atoms with van der Waals surface area (Å²) in [4.78, 5) is 18.9. The molecule has 2 aromatic rings. The molecule has 1 aliphatic rings. The SMILES string of the molecule is C=CCSCC(=O)N1CCCC[C@@H]1c1nc(-c2ccccc2)no1. The van der Waals surface area contributed by atoms with Gasteiger partial charge < -0.3 is 9.42 Å². The Balaban J connectivity index is 1.75. The van der Waals surface area contributed by atoms with E-state index in [1.807, 2.05) is 41.3 Å². The van der Waals surface area contributed by atoms with Crippen molar-refractivity contribution in [3.8, 4) is 11.4 Å². The largest absolute Gasteiger partial charge is 0.337 e. The lowest BCUT2D eigenvalue weighted by molar-refractivity contribution is -0.132. The monoisotopic (exact) mass is 343 g/mol. The molecule has 126 valence electrons. The number of rotatable bonds is 6. The van der Waals surface area contributed by atoms with Crippen LogP contribution in [-0.2, 0) is 4.79 Å². The molecule has 1 atom stereocenters. The van der Waals surface area contributed by atoms with Gasteiger partial charge in [-0.05, 0) is 19.3 Å². The first-order chi connectivity index (χ1) is 11.8. The van der Waals surface area contributed by atoms with Crippen molar-refractivity contribution in [2.45, 2.75) is 25.3 Å². The molecular weight excluding hydrogens is 322 g/mol. The van der Waals surface area contributed by atoms with Crippen molar-refractivity contribution in [1.29, 1.82) is 0 Å². The molecule has 0 spiro atoms. The number of nitrogens with zero attached hydrogens (tertiary/aromatic N) is 3. The summed E-state index contributed by atoms with van der Waals surface area (Å²) in [6, 6.07) is 9.62. The number of carbonyl (C=O) groups excluding carboxylic acids is 1. The number of piperidine rings is 1. The Labute approximate surface area is 146 Å². The van der Waals surface area contributed by atoms with Crippen molar-refractivity contribution in [2.24, 2.45) is 0 Å². The summed E-state index contributed by atoms with van der Waals surface area (Å²) in [6.45, 7) is 4.44. The Kier molecular flexibility index (Phi) is 5.69. The van der Waals surface area contributed by atoms with Crippen LogP contribution in [0.15, 0.2) is 47.5 Å². The first-order valence-corrected chi connectivity index (χ1v) is 9.32. The molecule has 0 saturated carbocycles. The fourth-order valence-corrected chi connectivity index (χ4v) is 3.50. The quantitative estimate of drug-likeness (QED) is 0.591. The second kappa shape index (κ2) is 8.15. The van der Waals surface area contributed by atoms with E-state index in [0.29, 0.717) is 17.5 Å². The van der Waals surface area contributed by atoms with Crippen molar-refractivity contribution in [1.82, 2.24) is 15.0 Å². The van der Waals surface area contributed by atoms with Crippen molar-refractivity contribution >= 4 is 17.7 Å². The van der Waals surface area contributed by atoms with Gasteiger partial charge in [-0.3, -0.25) is 4.79 Å². The lowest BCUT2D eigenvalue weighted by atomic mass is 10.0. The normalized spacial score (nSPS) is 17.7. The van der Waals surface area contributed by atoms with Gasteiger partial charge >= 0.3 is 0 Å². The Hall–Kier alpha value is -2.08. The van der Waals surface area contributed by atoms with Gasteiger partial charge in [0.2, 0.25) is 17.6 Å². The zero-order valence-corrected chi connectivity index (χ0v) is 14.4. The third kappa shape index (κ3) is 3.87. The van der Waals surface area contributed by atoms with Crippen molar-refractivity contribution in [2.75, 3.05) is 18.1 Å². The average molecular weight is 343 g/mol. The van der Waals surface area contributed by atoms with Crippen LogP contribution >= 0.6 is 11.8 Å². The second-order valence-electron chi connectivity index (χ2n) is 5.72. The molecular formula is C18H21N3O2S. The molecule has 1 aliphatic heterocycles. The Morgan fingerprint density at radius 2 is 2.21 bits per heavy atom. The van der Waals surface area contributed by atoms with E-state index in [1.54, 1.807) is 11.8 Å². The van der Waals surface area contributed by atoms with Gasteiger partial charge in [0.05, 0.1) is 5.75 Å².